The molecule has 1 aliphatic rings. The molecule has 1 aromatic heterocycles. The van der Waals surface area contributed by atoms with Gasteiger partial charge in [0.25, 0.3) is 5.91 Å². The van der Waals surface area contributed by atoms with Crippen LogP contribution >= 0.6 is 0 Å². The molecule has 1 amide bonds. The number of aromatic nitrogens is 3. The minimum absolute atomic E-state index is 0.0772. The highest BCUT2D eigenvalue weighted by Gasteiger charge is 2.22. The highest BCUT2D eigenvalue weighted by atomic mass is 16.5. The summed E-state index contributed by atoms with van der Waals surface area (Å²) in [4.78, 5) is 12.8. The highest BCUT2D eigenvalue weighted by molar-refractivity contribution is 5.95. The molecule has 0 aliphatic carbocycles. The van der Waals surface area contributed by atoms with Gasteiger partial charge in [-0.1, -0.05) is 30.3 Å². The number of amides is 1. The summed E-state index contributed by atoms with van der Waals surface area (Å²) in [6, 6.07) is 15.7. The maximum atomic E-state index is 12.8. The number of rotatable bonds is 7. The average Bonchev–Trinajstić information content (AvgIpc) is 3.10. The summed E-state index contributed by atoms with van der Waals surface area (Å²) in [5.74, 6) is 3.09. The number of carbonyl (C=O) groups is 1. The van der Waals surface area contributed by atoms with Gasteiger partial charge in [-0.3, -0.25) is 4.79 Å². The third-order valence-corrected chi connectivity index (χ3v) is 5.75. The first kappa shape index (κ1) is 20.9. The van der Waals surface area contributed by atoms with Gasteiger partial charge >= 0.3 is 0 Å². The number of ether oxygens (including phenoxy) is 2. The average molecular weight is 421 g/mol. The first-order valence-electron chi connectivity index (χ1n) is 10.6. The van der Waals surface area contributed by atoms with Crippen molar-refractivity contribution >= 4 is 5.91 Å². The van der Waals surface area contributed by atoms with Crippen molar-refractivity contribution in [2.45, 2.75) is 44.7 Å². The van der Waals surface area contributed by atoms with E-state index < -0.39 is 0 Å². The fourth-order valence-electron chi connectivity index (χ4n) is 3.99. The van der Waals surface area contributed by atoms with E-state index in [-0.39, 0.29) is 11.9 Å². The fourth-order valence-corrected chi connectivity index (χ4v) is 3.99. The molecule has 0 bridgehead atoms. The normalized spacial score (nSPS) is 15.6. The Morgan fingerprint density at radius 3 is 2.48 bits per heavy atom. The zero-order chi connectivity index (χ0) is 21.6. The van der Waals surface area contributed by atoms with Crippen LogP contribution in [-0.2, 0) is 25.8 Å². The molecule has 1 N–H and O–H groups in total. The van der Waals surface area contributed by atoms with E-state index in [0.717, 1.165) is 50.3 Å². The number of aryl methyl sites for hydroxylation is 3. The minimum atomic E-state index is -0.121. The van der Waals surface area contributed by atoms with Crippen molar-refractivity contribution in [2.24, 2.45) is 0 Å². The second-order valence-corrected chi connectivity index (χ2v) is 7.77. The summed E-state index contributed by atoms with van der Waals surface area (Å²) in [7, 11) is 3.15. The van der Waals surface area contributed by atoms with Crippen LogP contribution in [0.5, 0.6) is 11.5 Å². The number of methoxy groups -OCH3 is 2. The zero-order valence-electron chi connectivity index (χ0n) is 18.0. The first-order chi connectivity index (χ1) is 15.2. The van der Waals surface area contributed by atoms with Gasteiger partial charge in [0.2, 0.25) is 0 Å². The molecule has 2 heterocycles. The Balaban J connectivity index is 1.38. The van der Waals surface area contributed by atoms with Gasteiger partial charge in [0, 0.05) is 37.1 Å². The lowest BCUT2D eigenvalue weighted by atomic mass is 10.1. The summed E-state index contributed by atoms with van der Waals surface area (Å²) in [6.45, 7) is 0.804. The van der Waals surface area contributed by atoms with Crippen molar-refractivity contribution < 1.29 is 14.3 Å². The summed E-state index contributed by atoms with van der Waals surface area (Å²) in [5.41, 5.74) is 1.83. The Labute approximate surface area is 182 Å². The number of benzene rings is 2. The largest absolute Gasteiger partial charge is 0.497 e. The van der Waals surface area contributed by atoms with Crippen LogP contribution in [0, 0.1) is 0 Å². The summed E-state index contributed by atoms with van der Waals surface area (Å²) in [5, 5.41) is 12.0. The Morgan fingerprint density at radius 1 is 1.03 bits per heavy atom. The van der Waals surface area contributed by atoms with E-state index in [1.165, 1.54) is 5.56 Å². The number of nitrogens with zero attached hydrogens (tertiary/aromatic N) is 3. The van der Waals surface area contributed by atoms with Crippen molar-refractivity contribution in [2.75, 3.05) is 14.2 Å². The molecule has 0 radical (unpaired) electrons. The van der Waals surface area contributed by atoms with Crippen LogP contribution in [0.3, 0.4) is 0 Å². The van der Waals surface area contributed by atoms with E-state index in [1.54, 1.807) is 32.4 Å². The Hall–Kier alpha value is -3.35. The third-order valence-electron chi connectivity index (χ3n) is 5.75. The lowest BCUT2D eigenvalue weighted by Crippen LogP contribution is -2.35. The van der Waals surface area contributed by atoms with Crippen molar-refractivity contribution in [3.8, 4) is 11.5 Å². The second kappa shape index (κ2) is 9.64. The van der Waals surface area contributed by atoms with E-state index in [0.29, 0.717) is 17.1 Å². The molecule has 0 fully saturated rings. The van der Waals surface area contributed by atoms with Gasteiger partial charge < -0.3 is 19.4 Å². The molecule has 0 saturated carbocycles. The maximum absolute atomic E-state index is 12.8. The molecule has 7 nitrogen and oxygen atoms in total. The SMILES string of the molecule is COc1cc(OC)cc(C(=O)NC2CCc3nnc(CCc4ccccc4)n3CC2)c1. The molecule has 31 heavy (non-hydrogen) atoms. The lowest BCUT2D eigenvalue weighted by molar-refractivity contribution is 0.0932. The van der Waals surface area contributed by atoms with Crippen molar-refractivity contribution in [1.82, 2.24) is 20.1 Å². The van der Waals surface area contributed by atoms with E-state index in [2.05, 4.69) is 44.3 Å². The molecular formula is C24H28N4O3. The van der Waals surface area contributed by atoms with Crippen LogP contribution in [0.2, 0.25) is 0 Å². The maximum Gasteiger partial charge on any atom is 0.251 e. The van der Waals surface area contributed by atoms with E-state index >= 15 is 0 Å². The molecule has 1 atom stereocenters. The first-order valence-corrected chi connectivity index (χ1v) is 10.6. The molecule has 162 valence electrons. The number of hydrogen-bond acceptors (Lipinski definition) is 5. The predicted molar refractivity (Wildman–Crippen MR) is 118 cm³/mol. The van der Waals surface area contributed by atoms with Crippen molar-refractivity contribution in [1.29, 1.82) is 0 Å². The molecule has 2 aromatic carbocycles. The van der Waals surface area contributed by atoms with Gasteiger partial charge in [-0.2, -0.15) is 0 Å². The summed E-state index contributed by atoms with van der Waals surface area (Å²) in [6.07, 6.45) is 4.28. The van der Waals surface area contributed by atoms with Crippen molar-refractivity contribution in [3.63, 3.8) is 0 Å². The van der Waals surface area contributed by atoms with E-state index in [4.69, 9.17) is 9.47 Å². The monoisotopic (exact) mass is 420 g/mol. The summed E-state index contributed by atoms with van der Waals surface area (Å²) < 4.78 is 12.8. The molecule has 4 rings (SSSR count). The van der Waals surface area contributed by atoms with Gasteiger partial charge in [0.1, 0.15) is 23.1 Å². The number of hydrogen-bond donors (Lipinski definition) is 1. The zero-order valence-corrected chi connectivity index (χ0v) is 18.0. The molecular weight excluding hydrogens is 392 g/mol. The Kier molecular flexibility index (Phi) is 6.50. The lowest BCUT2D eigenvalue weighted by Gasteiger charge is -2.17. The topological polar surface area (TPSA) is 78.3 Å². The quantitative estimate of drug-likeness (QED) is 0.635. The molecule has 0 spiro atoms. The van der Waals surface area contributed by atoms with Crippen LogP contribution in [0.1, 0.15) is 40.4 Å². The fraction of sp³-hybridized carbons (Fsp3) is 0.375. The van der Waals surface area contributed by atoms with Crippen LogP contribution in [0.4, 0.5) is 0 Å². The number of fused-ring (bicyclic) bond motifs is 1. The smallest absolute Gasteiger partial charge is 0.251 e. The molecule has 1 unspecified atom stereocenters. The van der Waals surface area contributed by atoms with Crippen LogP contribution < -0.4 is 14.8 Å². The molecule has 1 aliphatic heterocycles. The summed E-state index contributed by atoms with van der Waals surface area (Å²) >= 11 is 0. The van der Waals surface area contributed by atoms with Crippen LogP contribution in [-0.4, -0.2) is 40.9 Å². The predicted octanol–water partition coefficient (Wildman–Crippen LogP) is 3.22. The minimum Gasteiger partial charge on any atom is -0.497 e. The highest BCUT2D eigenvalue weighted by Crippen LogP contribution is 2.23. The number of nitrogens with one attached hydrogen (secondary N) is 1. The number of carbonyl (C=O) groups excluding carboxylic acids is 1. The van der Waals surface area contributed by atoms with Gasteiger partial charge in [-0.25, -0.2) is 0 Å². The van der Waals surface area contributed by atoms with E-state index in [9.17, 15) is 4.79 Å². The van der Waals surface area contributed by atoms with Crippen LogP contribution in [0.15, 0.2) is 48.5 Å². The molecule has 7 heteroatoms. The Bertz CT molecular complexity index is 1010. The van der Waals surface area contributed by atoms with Crippen LogP contribution in [0.25, 0.3) is 0 Å². The van der Waals surface area contributed by atoms with Gasteiger partial charge in [0.05, 0.1) is 14.2 Å². The van der Waals surface area contributed by atoms with Gasteiger partial charge in [-0.15, -0.1) is 10.2 Å². The second-order valence-electron chi connectivity index (χ2n) is 7.77. The van der Waals surface area contributed by atoms with Gasteiger partial charge in [-0.05, 0) is 37.0 Å². The standard InChI is InChI=1S/C24H28N4O3/c1-30-20-14-18(15-21(16-20)31-2)24(29)25-19-9-11-23-27-26-22(28(23)13-12-19)10-8-17-6-4-3-5-7-17/h3-7,14-16,19H,8-13H2,1-2H3,(H,25,29). The third kappa shape index (κ3) is 5.05. The molecule has 3 aromatic rings. The molecule has 0 saturated heterocycles. The Morgan fingerprint density at radius 2 is 1.77 bits per heavy atom. The van der Waals surface area contributed by atoms with E-state index in [1.807, 2.05) is 6.07 Å². The van der Waals surface area contributed by atoms with Gasteiger partial charge in [0.15, 0.2) is 0 Å². The van der Waals surface area contributed by atoms with Crippen molar-refractivity contribution in [3.05, 3.63) is 71.3 Å².